The topological polar surface area (TPSA) is 43.4 Å². The van der Waals surface area contributed by atoms with Crippen molar-refractivity contribution in [1.82, 2.24) is 10.3 Å². The number of fused-ring (bicyclic) bond motifs is 1. The molecule has 2 aromatic rings. The molecule has 110 valence electrons. The molecule has 21 heavy (non-hydrogen) atoms. The summed E-state index contributed by atoms with van der Waals surface area (Å²) < 4.78 is 12.3. The molecule has 4 rings (SSSR count). The van der Waals surface area contributed by atoms with E-state index in [0.717, 1.165) is 49.0 Å². The summed E-state index contributed by atoms with van der Waals surface area (Å²) in [5.41, 5.74) is 1.02. The lowest BCUT2D eigenvalue weighted by Gasteiger charge is -2.32. The molecule has 3 heterocycles. The molecule has 1 spiro atoms. The van der Waals surface area contributed by atoms with Gasteiger partial charge in [-0.05, 0) is 44.1 Å². The fourth-order valence-corrected chi connectivity index (χ4v) is 3.46. The number of nitrogens with zero attached hydrogens (tertiary/aromatic N) is 1. The number of para-hydroxylation sites is 1. The Morgan fingerprint density at radius 1 is 1.19 bits per heavy atom. The van der Waals surface area contributed by atoms with Crippen LogP contribution in [0.25, 0.3) is 10.9 Å². The molecule has 0 saturated carbocycles. The van der Waals surface area contributed by atoms with Gasteiger partial charge in [-0.25, -0.2) is 0 Å². The van der Waals surface area contributed by atoms with Crippen LogP contribution in [-0.2, 0) is 4.74 Å². The van der Waals surface area contributed by atoms with Gasteiger partial charge in [-0.1, -0.05) is 12.1 Å². The lowest BCUT2D eigenvalue weighted by molar-refractivity contribution is -0.0205. The zero-order valence-corrected chi connectivity index (χ0v) is 12.0. The van der Waals surface area contributed by atoms with Crippen LogP contribution in [-0.4, -0.2) is 36.4 Å². The van der Waals surface area contributed by atoms with Gasteiger partial charge in [0.25, 0.3) is 0 Å². The van der Waals surface area contributed by atoms with E-state index in [9.17, 15) is 0 Å². The van der Waals surface area contributed by atoms with Crippen molar-refractivity contribution in [3.05, 3.63) is 36.5 Å². The summed E-state index contributed by atoms with van der Waals surface area (Å²) in [4.78, 5) is 4.38. The highest BCUT2D eigenvalue weighted by Gasteiger charge is 2.42. The Morgan fingerprint density at radius 3 is 2.95 bits per heavy atom. The molecule has 1 aromatic carbocycles. The van der Waals surface area contributed by atoms with E-state index >= 15 is 0 Å². The second-order valence-corrected chi connectivity index (χ2v) is 6.01. The Kier molecular flexibility index (Phi) is 3.28. The minimum Gasteiger partial charge on any atom is -0.487 e. The van der Waals surface area contributed by atoms with Gasteiger partial charge in [0.2, 0.25) is 0 Å². The summed E-state index contributed by atoms with van der Waals surface area (Å²) in [6, 6.07) is 10.1. The summed E-state index contributed by atoms with van der Waals surface area (Å²) in [7, 11) is 0. The van der Waals surface area contributed by atoms with Gasteiger partial charge in [0.15, 0.2) is 0 Å². The average Bonchev–Trinajstić information content (AvgIpc) is 2.91. The van der Waals surface area contributed by atoms with Crippen LogP contribution in [0.4, 0.5) is 0 Å². The average molecular weight is 284 g/mol. The number of hydrogen-bond acceptors (Lipinski definition) is 4. The summed E-state index contributed by atoms with van der Waals surface area (Å²) in [6.07, 6.45) is 5.13. The van der Waals surface area contributed by atoms with Crippen LogP contribution >= 0.6 is 0 Å². The molecule has 0 bridgehead atoms. The zero-order valence-electron chi connectivity index (χ0n) is 12.0. The van der Waals surface area contributed by atoms with Crippen molar-refractivity contribution >= 4 is 10.9 Å². The highest BCUT2D eigenvalue weighted by Crippen LogP contribution is 2.36. The largest absolute Gasteiger partial charge is 0.487 e. The Hall–Kier alpha value is -1.65. The summed E-state index contributed by atoms with van der Waals surface area (Å²) in [6.45, 7) is 2.78. The maximum absolute atomic E-state index is 6.23. The standard InChI is InChI=1S/C17H20N2O2/c1-2-4-15-14(3-1)16(5-8-19-15)21-13-11-17(20-12-13)6-9-18-10-7-17/h1-5,8,13,18H,6-7,9-12H2. The number of benzene rings is 1. The first-order chi connectivity index (χ1) is 10.3. The molecular weight excluding hydrogens is 264 g/mol. The van der Waals surface area contributed by atoms with E-state index in [1.807, 2.05) is 30.5 Å². The van der Waals surface area contributed by atoms with Gasteiger partial charge in [-0.15, -0.1) is 0 Å². The highest BCUT2D eigenvalue weighted by atomic mass is 16.6. The van der Waals surface area contributed by atoms with Crippen LogP contribution in [0.2, 0.25) is 0 Å². The molecule has 1 atom stereocenters. The molecule has 2 aliphatic rings. The molecule has 2 aliphatic heterocycles. The van der Waals surface area contributed by atoms with Crippen LogP contribution in [0, 0.1) is 0 Å². The van der Waals surface area contributed by atoms with Gasteiger partial charge < -0.3 is 14.8 Å². The maximum Gasteiger partial charge on any atom is 0.130 e. The van der Waals surface area contributed by atoms with Crippen molar-refractivity contribution in [2.45, 2.75) is 31.0 Å². The number of nitrogens with one attached hydrogen (secondary N) is 1. The van der Waals surface area contributed by atoms with Crippen molar-refractivity contribution < 1.29 is 9.47 Å². The normalized spacial score (nSPS) is 24.5. The first kappa shape index (κ1) is 13.0. The molecule has 4 nitrogen and oxygen atoms in total. The van der Waals surface area contributed by atoms with Gasteiger partial charge in [0, 0.05) is 18.0 Å². The third-order valence-electron chi connectivity index (χ3n) is 4.59. The van der Waals surface area contributed by atoms with Crippen LogP contribution in [0.1, 0.15) is 19.3 Å². The van der Waals surface area contributed by atoms with E-state index in [1.54, 1.807) is 0 Å². The van der Waals surface area contributed by atoms with E-state index < -0.39 is 0 Å². The van der Waals surface area contributed by atoms with Crippen molar-refractivity contribution in [3.63, 3.8) is 0 Å². The van der Waals surface area contributed by atoms with Crippen LogP contribution < -0.4 is 10.1 Å². The highest BCUT2D eigenvalue weighted by molar-refractivity contribution is 5.84. The predicted molar refractivity (Wildman–Crippen MR) is 81.6 cm³/mol. The Labute approximate surface area is 124 Å². The second kappa shape index (κ2) is 5.28. The van der Waals surface area contributed by atoms with Gasteiger partial charge in [0.1, 0.15) is 11.9 Å². The first-order valence-electron chi connectivity index (χ1n) is 7.70. The van der Waals surface area contributed by atoms with E-state index in [4.69, 9.17) is 9.47 Å². The third-order valence-corrected chi connectivity index (χ3v) is 4.59. The van der Waals surface area contributed by atoms with Crippen LogP contribution in [0.15, 0.2) is 36.5 Å². The number of hydrogen-bond donors (Lipinski definition) is 1. The molecule has 0 radical (unpaired) electrons. The molecule has 0 aliphatic carbocycles. The van der Waals surface area contributed by atoms with Crippen molar-refractivity contribution in [3.8, 4) is 5.75 Å². The molecule has 4 heteroatoms. The monoisotopic (exact) mass is 284 g/mol. The van der Waals surface area contributed by atoms with Crippen molar-refractivity contribution in [2.24, 2.45) is 0 Å². The van der Waals surface area contributed by atoms with E-state index in [0.29, 0.717) is 6.61 Å². The van der Waals surface area contributed by atoms with E-state index in [-0.39, 0.29) is 11.7 Å². The fourth-order valence-electron chi connectivity index (χ4n) is 3.46. The van der Waals surface area contributed by atoms with Crippen molar-refractivity contribution in [1.29, 1.82) is 0 Å². The molecule has 2 fully saturated rings. The molecule has 1 unspecified atom stereocenters. The minimum atomic E-state index is 0.0404. The molecule has 1 aromatic heterocycles. The SMILES string of the molecule is c1ccc2c(OC3COC4(CCNCC4)C3)ccnc2c1. The lowest BCUT2D eigenvalue weighted by atomic mass is 9.89. The smallest absolute Gasteiger partial charge is 0.130 e. The molecule has 1 N–H and O–H groups in total. The Balaban J connectivity index is 1.53. The number of ether oxygens (including phenoxy) is 2. The van der Waals surface area contributed by atoms with E-state index in [2.05, 4.69) is 16.4 Å². The Bertz CT molecular complexity index is 632. The number of pyridine rings is 1. The third kappa shape index (κ3) is 2.49. The molecule has 0 amide bonds. The van der Waals surface area contributed by atoms with Gasteiger partial charge in [0.05, 0.1) is 17.7 Å². The fraction of sp³-hybridized carbons (Fsp3) is 0.471. The summed E-state index contributed by atoms with van der Waals surface area (Å²) in [5.74, 6) is 0.917. The van der Waals surface area contributed by atoms with E-state index in [1.165, 1.54) is 0 Å². The summed E-state index contributed by atoms with van der Waals surface area (Å²) in [5, 5.41) is 4.47. The van der Waals surface area contributed by atoms with Gasteiger partial charge in [-0.2, -0.15) is 0 Å². The maximum atomic E-state index is 6.23. The zero-order chi connectivity index (χ0) is 14.1. The van der Waals surface area contributed by atoms with Crippen molar-refractivity contribution in [2.75, 3.05) is 19.7 Å². The number of piperidine rings is 1. The lowest BCUT2D eigenvalue weighted by Crippen LogP contribution is -2.41. The molecule has 2 saturated heterocycles. The number of aromatic nitrogens is 1. The van der Waals surface area contributed by atoms with Crippen LogP contribution in [0.3, 0.4) is 0 Å². The predicted octanol–water partition coefficient (Wildman–Crippen LogP) is 2.52. The van der Waals surface area contributed by atoms with Crippen LogP contribution in [0.5, 0.6) is 5.75 Å². The first-order valence-corrected chi connectivity index (χ1v) is 7.70. The second-order valence-electron chi connectivity index (χ2n) is 6.01. The summed E-state index contributed by atoms with van der Waals surface area (Å²) >= 11 is 0. The Morgan fingerprint density at radius 2 is 2.05 bits per heavy atom. The molecular formula is C17H20N2O2. The van der Waals surface area contributed by atoms with Gasteiger partial charge >= 0.3 is 0 Å². The number of rotatable bonds is 2. The minimum absolute atomic E-state index is 0.0404. The van der Waals surface area contributed by atoms with Gasteiger partial charge in [-0.3, -0.25) is 4.98 Å². The quantitative estimate of drug-likeness (QED) is 0.920.